The van der Waals surface area contributed by atoms with Crippen molar-refractivity contribution in [3.63, 3.8) is 0 Å². The van der Waals surface area contributed by atoms with Crippen molar-refractivity contribution in [3.8, 4) is 12.1 Å². The quantitative estimate of drug-likeness (QED) is 0.215. The third-order valence-electron chi connectivity index (χ3n) is 11.7. The molecule has 8 nitrogen and oxygen atoms in total. The molecule has 0 aromatic carbocycles. The number of aliphatic hydroxyl groups is 1. The standard InChI is InChI=1S/C18H27NO3.C14H19NO3.C4H7Br/c1-3-13(2)15(20)11-17-6-4-5-14(12-19)16(17)18(8-7-17)21-9-10-22-18;15-10-11-2-1-3-13(6-7-16)4-5-14(12(11)13)17-8-9-18-14;1-3-4(2)5/h14-16,20H,2-11H2,1H3;7,11-12H,1-6,8-9H2;2-3H2,1H3. The topological polar surface area (TPSA) is 122 Å². The van der Waals surface area contributed by atoms with Crippen molar-refractivity contribution in [1.29, 1.82) is 10.5 Å². The van der Waals surface area contributed by atoms with Crippen LogP contribution in [0.4, 0.5) is 0 Å². The summed E-state index contributed by atoms with van der Waals surface area (Å²) in [5, 5.41) is 29.6. The smallest absolute Gasteiger partial charge is 0.173 e. The first kappa shape index (κ1) is 36.2. The van der Waals surface area contributed by atoms with E-state index < -0.39 is 17.7 Å². The van der Waals surface area contributed by atoms with E-state index in [1.54, 1.807) is 0 Å². The summed E-state index contributed by atoms with van der Waals surface area (Å²) in [6.07, 6.45) is 13.2. The minimum atomic E-state index is -0.575. The molecule has 2 spiro atoms. The molecule has 0 radical (unpaired) electrons. The van der Waals surface area contributed by atoms with Crippen LogP contribution < -0.4 is 0 Å². The number of halogens is 1. The van der Waals surface area contributed by atoms with Crippen molar-refractivity contribution in [3.05, 3.63) is 23.2 Å². The maximum Gasteiger partial charge on any atom is 0.173 e. The maximum atomic E-state index is 11.0. The number of aliphatic hydroxyl groups excluding tert-OH is 1. The van der Waals surface area contributed by atoms with Crippen LogP contribution in [0.1, 0.15) is 104 Å². The summed E-state index contributed by atoms with van der Waals surface area (Å²) < 4.78 is 24.9. The Hall–Kier alpha value is -1.59. The fourth-order valence-corrected chi connectivity index (χ4v) is 9.57. The monoisotopic (exact) mass is 688 g/mol. The molecule has 7 unspecified atom stereocenters. The molecule has 2 aliphatic heterocycles. The van der Waals surface area contributed by atoms with Gasteiger partial charge >= 0.3 is 0 Å². The van der Waals surface area contributed by atoms with Gasteiger partial charge in [-0.2, -0.15) is 10.5 Å². The minimum Gasteiger partial charge on any atom is -0.389 e. The molecule has 45 heavy (non-hydrogen) atoms. The molecule has 6 rings (SSSR count). The molecule has 7 atom stereocenters. The van der Waals surface area contributed by atoms with E-state index in [4.69, 9.17) is 18.9 Å². The van der Waals surface area contributed by atoms with Gasteiger partial charge in [0.15, 0.2) is 11.6 Å². The number of rotatable bonds is 7. The number of nitrogens with zero attached hydrogens (tertiary/aromatic N) is 2. The Labute approximate surface area is 278 Å². The number of ether oxygens (including phenoxy) is 4. The zero-order chi connectivity index (χ0) is 32.7. The predicted octanol–water partition coefficient (Wildman–Crippen LogP) is 7.51. The van der Waals surface area contributed by atoms with Crippen molar-refractivity contribution in [2.45, 2.75) is 121 Å². The molecule has 4 aliphatic carbocycles. The molecule has 4 saturated carbocycles. The number of nitriles is 2. The molecule has 0 bridgehead atoms. The van der Waals surface area contributed by atoms with E-state index >= 15 is 0 Å². The van der Waals surface area contributed by atoms with Crippen molar-refractivity contribution in [1.82, 2.24) is 0 Å². The highest BCUT2D eigenvalue weighted by molar-refractivity contribution is 9.11. The van der Waals surface area contributed by atoms with Gasteiger partial charge in [0, 0.05) is 31.1 Å². The van der Waals surface area contributed by atoms with Crippen LogP contribution in [-0.2, 0) is 23.7 Å². The van der Waals surface area contributed by atoms with Gasteiger partial charge in [0.05, 0.1) is 56.5 Å². The number of hydrogen-bond acceptors (Lipinski definition) is 8. The van der Waals surface area contributed by atoms with Crippen LogP contribution in [0.3, 0.4) is 0 Å². The van der Waals surface area contributed by atoms with Crippen LogP contribution in [0.2, 0.25) is 0 Å². The number of carbonyl (C=O) groups excluding carboxylic acids is 1. The third-order valence-corrected chi connectivity index (χ3v) is 12.2. The molecule has 0 aromatic rings. The average Bonchev–Trinajstić information content (AvgIpc) is 3.85. The van der Waals surface area contributed by atoms with Crippen LogP contribution in [0.15, 0.2) is 23.2 Å². The van der Waals surface area contributed by atoms with E-state index in [0.717, 1.165) is 93.4 Å². The van der Waals surface area contributed by atoms with Crippen LogP contribution >= 0.6 is 15.9 Å². The Morgan fingerprint density at radius 3 is 1.71 bits per heavy atom. The van der Waals surface area contributed by atoms with Crippen molar-refractivity contribution >= 4 is 22.2 Å². The van der Waals surface area contributed by atoms with Crippen molar-refractivity contribution < 1.29 is 28.8 Å². The second-order valence-electron chi connectivity index (χ2n) is 13.9. The minimum absolute atomic E-state index is 0.0284. The molecule has 1 N–H and O–H groups in total. The zero-order valence-electron chi connectivity index (χ0n) is 27.4. The number of allylic oxidation sites excluding steroid dienone is 1. The summed E-state index contributed by atoms with van der Waals surface area (Å²) in [7, 11) is 0. The Bertz CT molecular complexity index is 1140. The molecule has 250 valence electrons. The second kappa shape index (κ2) is 15.5. The normalized spacial score (nSPS) is 35.9. The Kier molecular flexibility index (Phi) is 12.5. The summed E-state index contributed by atoms with van der Waals surface area (Å²) in [5.41, 5.74) is 0.798. The lowest BCUT2D eigenvalue weighted by Crippen LogP contribution is -2.48. The number of fused-ring (bicyclic) bond motifs is 4. The number of carbonyl (C=O) groups is 1. The first-order valence-electron chi connectivity index (χ1n) is 17.1. The first-order valence-corrected chi connectivity index (χ1v) is 17.9. The fraction of sp³-hybridized carbons (Fsp3) is 0.806. The first-order chi connectivity index (χ1) is 21.6. The summed E-state index contributed by atoms with van der Waals surface area (Å²) >= 11 is 3.18. The highest BCUT2D eigenvalue weighted by Crippen LogP contribution is 2.64. The van der Waals surface area contributed by atoms with E-state index in [2.05, 4.69) is 48.1 Å². The van der Waals surface area contributed by atoms with Gasteiger partial charge in [0.1, 0.15) is 6.29 Å². The van der Waals surface area contributed by atoms with Crippen LogP contribution in [0.25, 0.3) is 0 Å². The van der Waals surface area contributed by atoms with Crippen LogP contribution in [0.5, 0.6) is 0 Å². The highest BCUT2D eigenvalue weighted by Gasteiger charge is 2.65. The Morgan fingerprint density at radius 2 is 1.29 bits per heavy atom. The molecule has 0 amide bonds. The van der Waals surface area contributed by atoms with Crippen molar-refractivity contribution in [2.75, 3.05) is 26.4 Å². The van der Waals surface area contributed by atoms with E-state index in [1.165, 1.54) is 0 Å². The van der Waals surface area contributed by atoms with Crippen LogP contribution in [-0.4, -0.2) is 55.5 Å². The van der Waals surface area contributed by atoms with E-state index in [-0.39, 0.29) is 34.5 Å². The number of hydrogen-bond donors (Lipinski definition) is 1. The summed E-state index contributed by atoms with van der Waals surface area (Å²) in [6, 6.07) is 4.94. The van der Waals surface area contributed by atoms with Crippen molar-refractivity contribution in [2.24, 2.45) is 34.5 Å². The molecule has 6 aliphatic rings. The van der Waals surface area contributed by atoms with Gasteiger partial charge in [0.25, 0.3) is 0 Å². The largest absolute Gasteiger partial charge is 0.389 e. The molecule has 2 saturated heterocycles. The summed E-state index contributed by atoms with van der Waals surface area (Å²) in [5.74, 6) is -1.04. The number of aldehydes is 1. The van der Waals surface area contributed by atoms with Gasteiger partial charge < -0.3 is 28.8 Å². The van der Waals surface area contributed by atoms with Gasteiger partial charge in [-0.1, -0.05) is 55.8 Å². The van der Waals surface area contributed by atoms with E-state index in [9.17, 15) is 20.4 Å². The molecule has 2 heterocycles. The Morgan fingerprint density at radius 1 is 0.844 bits per heavy atom. The highest BCUT2D eigenvalue weighted by atomic mass is 79.9. The summed E-state index contributed by atoms with van der Waals surface area (Å²) in [6.45, 7) is 14.1. The summed E-state index contributed by atoms with van der Waals surface area (Å²) in [4.78, 5) is 11.0. The lowest BCUT2D eigenvalue weighted by Gasteiger charge is -2.47. The third kappa shape index (κ3) is 7.30. The van der Waals surface area contributed by atoms with Gasteiger partial charge in [-0.05, 0) is 78.7 Å². The predicted molar refractivity (Wildman–Crippen MR) is 175 cm³/mol. The zero-order valence-corrected chi connectivity index (χ0v) is 29.0. The Balaban J connectivity index is 0.000000181. The molecule has 9 heteroatoms. The maximum absolute atomic E-state index is 11.0. The average molecular weight is 690 g/mol. The van der Waals surface area contributed by atoms with Gasteiger partial charge in [-0.3, -0.25) is 0 Å². The van der Waals surface area contributed by atoms with Gasteiger partial charge in [-0.15, -0.1) is 0 Å². The lowest BCUT2D eigenvalue weighted by molar-refractivity contribution is -0.211. The molecule has 0 aromatic heterocycles. The second-order valence-corrected chi connectivity index (χ2v) is 15.0. The van der Waals surface area contributed by atoms with E-state index in [1.807, 2.05) is 6.92 Å². The van der Waals surface area contributed by atoms with Crippen LogP contribution in [0, 0.1) is 57.2 Å². The molecular formula is C36H53BrN2O6. The fourth-order valence-electron chi connectivity index (χ4n) is 9.57. The molecule has 6 fully saturated rings. The molecular weight excluding hydrogens is 636 g/mol. The van der Waals surface area contributed by atoms with Gasteiger partial charge in [0.2, 0.25) is 0 Å². The van der Waals surface area contributed by atoms with Gasteiger partial charge in [-0.25, -0.2) is 0 Å². The van der Waals surface area contributed by atoms with E-state index in [0.29, 0.717) is 39.3 Å². The SMILES string of the molecule is C=C(Br)CC.C=C(CC)C(O)CC12CCCC(C#N)C1C1(CC2)OCCO1.N#CC1CCCC2(CC=O)CCC3(OCCO3)C12. The lowest BCUT2D eigenvalue weighted by atomic mass is 9.60.